The van der Waals surface area contributed by atoms with Gasteiger partial charge in [0.1, 0.15) is 10.8 Å². The van der Waals surface area contributed by atoms with Crippen LogP contribution in [-0.4, -0.2) is 20.9 Å². The summed E-state index contributed by atoms with van der Waals surface area (Å²) < 4.78 is 0. The van der Waals surface area contributed by atoms with Gasteiger partial charge in [-0.25, -0.2) is 9.97 Å². The zero-order valence-electron chi connectivity index (χ0n) is 13.7. The molecule has 1 aromatic carbocycles. The lowest BCUT2D eigenvalue weighted by Gasteiger charge is -2.07. The van der Waals surface area contributed by atoms with E-state index in [1.165, 1.54) is 29.9 Å². The van der Waals surface area contributed by atoms with Gasteiger partial charge in [-0.2, -0.15) is 0 Å². The molecule has 0 saturated carbocycles. The Hall–Kier alpha value is -2.67. The average Bonchev–Trinajstić information content (AvgIpc) is 3.27. The standard InChI is InChI=1S/C18H19N5OS/c24-17(19-10-15-22-13-8-4-5-9-14(13)23-15)16-18(25-11-20-16)21-12-6-2-1-3-7-12/h1-3,6-7,11,21H,4-5,8-10H2,(H,19,24)(H,22,23). The van der Waals surface area contributed by atoms with Gasteiger partial charge in [0.05, 0.1) is 17.7 Å². The number of aryl methyl sites for hydroxylation is 2. The number of thiazole rings is 1. The summed E-state index contributed by atoms with van der Waals surface area (Å²) in [5, 5.41) is 6.89. The molecule has 1 aliphatic carbocycles. The Bertz CT molecular complexity index is 847. The minimum Gasteiger partial charge on any atom is -0.345 e. The van der Waals surface area contributed by atoms with E-state index in [0.717, 1.165) is 35.0 Å². The number of carbonyl (C=O) groups is 1. The first-order valence-corrected chi connectivity index (χ1v) is 9.28. The molecule has 4 rings (SSSR count). The number of aromatic nitrogens is 3. The molecule has 0 fully saturated rings. The van der Waals surface area contributed by atoms with Crippen LogP contribution in [0.2, 0.25) is 0 Å². The van der Waals surface area contributed by atoms with Gasteiger partial charge in [0.25, 0.3) is 5.91 Å². The lowest BCUT2D eigenvalue weighted by atomic mass is 10.0. The molecule has 1 aliphatic rings. The van der Waals surface area contributed by atoms with E-state index < -0.39 is 0 Å². The number of nitrogens with zero attached hydrogens (tertiary/aromatic N) is 2. The van der Waals surface area contributed by atoms with E-state index in [4.69, 9.17) is 0 Å². The number of rotatable bonds is 5. The van der Waals surface area contributed by atoms with Crippen molar-refractivity contribution in [1.82, 2.24) is 20.3 Å². The molecular formula is C18H19N5OS. The van der Waals surface area contributed by atoms with Crippen molar-refractivity contribution in [3.8, 4) is 0 Å². The molecule has 3 N–H and O–H groups in total. The normalized spacial score (nSPS) is 13.3. The van der Waals surface area contributed by atoms with Crippen molar-refractivity contribution < 1.29 is 4.79 Å². The van der Waals surface area contributed by atoms with E-state index in [1.54, 1.807) is 5.51 Å². The van der Waals surface area contributed by atoms with Gasteiger partial charge in [-0.15, -0.1) is 11.3 Å². The van der Waals surface area contributed by atoms with Crippen LogP contribution >= 0.6 is 11.3 Å². The maximum Gasteiger partial charge on any atom is 0.273 e. The molecule has 0 saturated heterocycles. The molecule has 0 aliphatic heterocycles. The van der Waals surface area contributed by atoms with E-state index in [0.29, 0.717) is 12.2 Å². The van der Waals surface area contributed by atoms with E-state index in [2.05, 4.69) is 25.6 Å². The third-order valence-corrected chi connectivity index (χ3v) is 4.98. The Morgan fingerprint density at radius 2 is 2.04 bits per heavy atom. The van der Waals surface area contributed by atoms with Gasteiger partial charge in [-0.05, 0) is 37.8 Å². The second-order valence-corrected chi connectivity index (χ2v) is 6.87. The maximum absolute atomic E-state index is 12.5. The average molecular weight is 353 g/mol. The molecule has 0 radical (unpaired) electrons. The highest BCUT2D eigenvalue weighted by atomic mass is 32.1. The van der Waals surface area contributed by atoms with Gasteiger partial charge >= 0.3 is 0 Å². The quantitative estimate of drug-likeness (QED) is 0.656. The van der Waals surface area contributed by atoms with Crippen LogP contribution in [0.25, 0.3) is 0 Å². The molecule has 7 heteroatoms. The Kier molecular flexibility index (Phi) is 4.47. The summed E-state index contributed by atoms with van der Waals surface area (Å²) in [5.74, 6) is 0.613. The number of carbonyl (C=O) groups excluding carboxylic acids is 1. The van der Waals surface area contributed by atoms with Crippen LogP contribution in [0.5, 0.6) is 0 Å². The summed E-state index contributed by atoms with van der Waals surface area (Å²) in [7, 11) is 0. The number of para-hydroxylation sites is 1. The number of imidazole rings is 1. The molecule has 6 nitrogen and oxygen atoms in total. The highest BCUT2D eigenvalue weighted by molar-refractivity contribution is 7.14. The van der Waals surface area contributed by atoms with Crippen LogP contribution in [0.3, 0.4) is 0 Å². The van der Waals surface area contributed by atoms with Gasteiger partial charge in [0.2, 0.25) is 0 Å². The molecule has 0 spiro atoms. The number of hydrogen-bond acceptors (Lipinski definition) is 5. The van der Waals surface area contributed by atoms with Gasteiger partial charge in [-0.3, -0.25) is 4.79 Å². The first kappa shape index (κ1) is 15.8. The molecule has 2 aromatic heterocycles. The Morgan fingerprint density at radius 1 is 1.20 bits per heavy atom. The number of amides is 1. The van der Waals surface area contributed by atoms with Gasteiger partial charge in [0, 0.05) is 11.4 Å². The van der Waals surface area contributed by atoms with Crippen LogP contribution in [0.1, 0.15) is 40.5 Å². The van der Waals surface area contributed by atoms with Crippen LogP contribution in [0.4, 0.5) is 10.7 Å². The molecule has 0 atom stereocenters. The number of fused-ring (bicyclic) bond motifs is 1. The monoisotopic (exact) mass is 353 g/mol. The SMILES string of the molecule is O=C(NCc1nc2c([nH]1)CCCC2)c1ncsc1Nc1ccccc1. The summed E-state index contributed by atoms with van der Waals surface area (Å²) in [6.07, 6.45) is 4.47. The highest BCUT2D eigenvalue weighted by Crippen LogP contribution is 2.25. The molecule has 25 heavy (non-hydrogen) atoms. The number of anilines is 2. The summed E-state index contributed by atoms with van der Waals surface area (Å²) in [4.78, 5) is 24.6. The Labute approximate surface area is 149 Å². The molecule has 3 aromatic rings. The van der Waals surface area contributed by atoms with Crippen molar-refractivity contribution in [2.24, 2.45) is 0 Å². The Morgan fingerprint density at radius 3 is 2.88 bits per heavy atom. The van der Waals surface area contributed by atoms with Gasteiger partial charge in [-0.1, -0.05) is 18.2 Å². The molecular weight excluding hydrogens is 334 g/mol. The second-order valence-electron chi connectivity index (χ2n) is 6.02. The largest absolute Gasteiger partial charge is 0.345 e. The fraction of sp³-hybridized carbons (Fsp3) is 0.278. The van der Waals surface area contributed by atoms with E-state index >= 15 is 0 Å². The maximum atomic E-state index is 12.5. The third-order valence-electron chi connectivity index (χ3n) is 4.23. The molecule has 0 bridgehead atoms. The first-order valence-electron chi connectivity index (χ1n) is 8.40. The number of hydrogen-bond donors (Lipinski definition) is 3. The summed E-state index contributed by atoms with van der Waals surface area (Å²) in [6, 6.07) is 9.75. The zero-order chi connectivity index (χ0) is 17.1. The summed E-state index contributed by atoms with van der Waals surface area (Å²) in [6.45, 7) is 0.383. The number of nitrogens with one attached hydrogen (secondary N) is 3. The van der Waals surface area contributed by atoms with Crippen LogP contribution < -0.4 is 10.6 Å². The van der Waals surface area contributed by atoms with Gasteiger partial charge < -0.3 is 15.6 Å². The summed E-state index contributed by atoms with van der Waals surface area (Å²) in [5.41, 5.74) is 5.38. The Balaban J connectivity index is 1.41. The highest BCUT2D eigenvalue weighted by Gasteiger charge is 2.17. The minimum atomic E-state index is -0.200. The second kappa shape index (κ2) is 7.06. The minimum absolute atomic E-state index is 0.200. The lowest BCUT2D eigenvalue weighted by Crippen LogP contribution is -2.24. The van der Waals surface area contributed by atoms with Crippen molar-refractivity contribution in [2.75, 3.05) is 5.32 Å². The van der Waals surface area contributed by atoms with Crippen molar-refractivity contribution in [3.63, 3.8) is 0 Å². The predicted molar refractivity (Wildman–Crippen MR) is 98.2 cm³/mol. The first-order chi connectivity index (χ1) is 12.3. The van der Waals surface area contributed by atoms with Crippen LogP contribution in [0, 0.1) is 0 Å². The third kappa shape index (κ3) is 3.56. The van der Waals surface area contributed by atoms with Crippen molar-refractivity contribution in [2.45, 2.75) is 32.2 Å². The van der Waals surface area contributed by atoms with Crippen LogP contribution in [-0.2, 0) is 19.4 Å². The lowest BCUT2D eigenvalue weighted by molar-refractivity contribution is 0.0946. The molecule has 0 unspecified atom stereocenters. The van der Waals surface area contributed by atoms with Crippen LogP contribution in [0.15, 0.2) is 35.8 Å². The summed E-state index contributed by atoms with van der Waals surface area (Å²) >= 11 is 1.41. The zero-order valence-corrected chi connectivity index (χ0v) is 14.5. The molecule has 1 amide bonds. The molecule has 128 valence electrons. The van der Waals surface area contributed by atoms with E-state index in [9.17, 15) is 4.79 Å². The fourth-order valence-electron chi connectivity index (χ4n) is 2.99. The fourth-order valence-corrected chi connectivity index (χ4v) is 3.69. The van der Waals surface area contributed by atoms with Crippen molar-refractivity contribution >= 4 is 27.9 Å². The van der Waals surface area contributed by atoms with E-state index in [1.807, 2.05) is 30.3 Å². The number of H-pyrrole nitrogens is 1. The number of aromatic amines is 1. The van der Waals surface area contributed by atoms with Crippen molar-refractivity contribution in [3.05, 3.63) is 58.7 Å². The number of benzene rings is 1. The van der Waals surface area contributed by atoms with Crippen molar-refractivity contribution in [1.29, 1.82) is 0 Å². The topological polar surface area (TPSA) is 82.7 Å². The van der Waals surface area contributed by atoms with E-state index in [-0.39, 0.29) is 5.91 Å². The molecule has 2 heterocycles. The van der Waals surface area contributed by atoms with Gasteiger partial charge in [0.15, 0.2) is 5.69 Å². The predicted octanol–water partition coefficient (Wildman–Crippen LogP) is 3.42. The smallest absolute Gasteiger partial charge is 0.273 e.